The Morgan fingerprint density at radius 3 is 1.74 bits per heavy atom. The first kappa shape index (κ1) is 24.5. The number of aliphatic hydroxyl groups excluding tert-OH is 8. The maximum absolute atomic E-state index is 9.96. The summed E-state index contributed by atoms with van der Waals surface area (Å²) in [6.07, 6.45) is -12.9. The van der Waals surface area contributed by atoms with Crippen LogP contribution in [-0.4, -0.2) is 120 Å². The van der Waals surface area contributed by atoms with Gasteiger partial charge in [0.1, 0.15) is 36.6 Å². The Labute approximate surface area is 152 Å². The number of ether oxygens (including phenoxy) is 2. The van der Waals surface area contributed by atoms with Crippen LogP contribution in [0.2, 0.25) is 0 Å². The molecule has 0 amide bonds. The van der Waals surface area contributed by atoms with Crippen LogP contribution in [0.25, 0.3) is 0 Å². The van der Waals surface area contributed by atoms with Crippen molar-refractivity contribution in [3.63, 3.8) is 0 Å². The third kappa shape index (κ3) is 5.96. The largest absolute Gasteiger partial charge is 0.396 e. The lowest BCUT2D eigenvalue weighted by atomic mass is 9.81. The van der Waals surface area contributed by atoms with Gasteiger partial charge in [-0.15, -0.1) is 0 Å². The van der Waals surface area contributed by atoms with Gasteiger partial charge in [0, 0.05) is 12.5 Å². The lowest BCUT2D eigenvalue weighted by Gasteiger charge is -2.44. The maximum Gasteiger partial charge on any atom is 0.187 e. The Kier molecular flexibility index (Phi) is 10.4. The maximum atomic E-state index is 9.96. The SMILES string of the molecule is OCC1C[C@H](O[C@@H]2OC(CO)[C@@H](O)[C@H](O)C2O)C(O)C(O)[C@@H]1O.OOOO. The molecule has 2 aliphatic rings. The molecule has 162 valence electrons. The molecule has 1 aliphatic heterocycles. The summed E-state index contributed by atoms with van der Waals surface area (Å²) in [6.45, 7) is -1.07. The fourth-order valence-corrected chi connectivity index (χ4v) is 2.95. The minimum Gasteiger partial charge on any atom is -0.396 e. The van der Waals surface area contributed by atoms with Crippen LogP contribution in [0.4, 0.5) is 0 Å². The highest BCUT2D eigenvalue weighted by Crippen LogP contribution is 2.31. The van der Waals surface area contributed by atoms with E-state index < -0.39 is 74.3 Å². The van der Waals surface area contributed by atoms with Gasteiger partial charge in [-0.1, -0.05) is 0 Å². The van der Waals surface area contributed by atoms with Crippen molar-refractivity contribution in [1.29, 1.82) is 0 Å². The predicted octanol–water partition coefficient (Wildman–Crippen LogP) is -4.85. The molecule has 5 unspecified atom stereocenters. The third-order valence-electron chi connectivity index (χ3n) is 4.52. The van der Waals surface area contributed by atoms with Gasteiger partial charge in [-0.2, -0.15) is 0 Å². The average molecular weight is 406 g/mol. The summed E-state index contributed by atoms with van der Waals surface area (Å²) >= 11 is 0. The first-order chi connectivity index (χ1) is 12.7. The van der Waals surface area contributed by atoms with E-state index in [2.05, 4.69) is 10.1 Å². The van der Waals surface area contributed by atoms with E-state index in [0.29, 0.717) is 0 Å². The molecule has 10 atom stereocenters. The van der Waals surface area contributed by atoms with Crippen molar-refractivity contribution < 1.29 is 70.9 Å². The molecule has 0 aromatic carbocycles. The monoisotopic (exact) mass is 406 g/mol. The smallest absolute Gasteiger partial charge is 0.187 e. The van der Waals surface area contributed by atoms with Gasteiger partial charge >= 0.3 is 0 Å². The van der Waals surface area contributed by atoms with E-state index in [1.165, 1.54) is 0 Å². The Balaban J connectivity index is 0.000000828. The summed E-state index contributed by atoms with van der Waals surface area (Å²) < 4.78 is 10.5. The molecule has 1 saturated carbocycles. The molecule has 1 saturated heterocycles. The summed E-state index contributed by atoms with van der Waals surface area (Å²) in [5, 5.41) is 96.1. The highest BCUT2D eigenvalue weighted by molar-refractivity contribution is 4.95. The second-order valence-electron chi connectivity index (χ2n) is 6.17. The van der Waals surface area contributed by atoms with Crippen molar-refractivity contribution in [1.82, 2.24) is 0 Å². The molecule has 0 aromatic heterocycles. The first-order valence-electron chi connectivity index (χ1n) is 7.96. The van der Waals surface area contributed by atoms with E-state index in [-0.39, 0.29) is 6.42 Å². The molecule has 0 radical (unpaired) electrons. The molecule has 2 rings (SSSR count). The summed E-state index contributed by atoms with van der Waals surface area (Å²) in [5.41, 5.74) is 0. The number of aliphatic hydroxyl groups is 8. The number of hydrogen-bond donors (Lipinski definition) is 10. The van der Waals surface area contributed by atoms with Crippen LogP contribution in [0.1, 0.15) is 6.42 Å². The Hall–Kier alpha value is -0.560. The lowest BCUT2D eigenvalue weighted by molar-refractivity contribution is -0.611. The van der Waals surface area contributed by atoms with Crippen molar-refractivity contribution in [2.45, 2.75) is 61.5 Å². The summed E-state index contributed by atoms with van der Waals surface area (Å²) in [4.78, 5) is 0. The number of hydrogen-bond acceptors (Lipinski definition) is 14. The van der Waals surface area contributed by atoms with Gasteiger partial charge in [-0.05, 0) is 16.5 Å². The molecular weight excluding hydrogens is 380 g/mol. The molecule has 0 bridgehead atoms. The minimum absolute atomic E-state index is 0.0229. The van der Waals surface area contributed by atoms with Gasteiger partial charge in [0.25, 0.3) is 0 Å². The topological polar surface area (TPSA) is 239 Å². The highest BCUT2D eigenvalue weighted by Gasteiger charge is 2.48. The van der Waals surface area contributed by atoms with Crippen LogP contribution in [-0.2, 0) is 19.6 Å². The van der Waals surface area contributed by atoms with Gasteiger partial charge in [0.15, 0.2) is 6.29 Å². The van der Waals surface area contributed by atoms with Crippen molar-refractivity contribution in [2.24, 2.45) is 5.92 Å². The normalized spacial score (nSPS) is 45.1. The Morgan fingerprint density at radius 2 is 1.26 bits per heavy atom. The standard InChI is InChI=1S/C13H24O10.H2O4/c14-2-4-1-5(8(17)10(19)7(4)16)22-13-12(21)11(20)9(18)6(3-15)23-13;1-3-4-2/h4-21H,1-3H2;1-2H/t4?,5-,6?,7+,8?,9+,10?,11-,12?,13+;/m0./s1. The van der Waals surface area contributed by atoms with Crippen LogP contribution in [0, 0.1) is 5.92 Å². The molecule has 27 heavy (non-hydrogen) atoms. The van der Waals surface area contributed by atoms with E-state index in [9.17, 15) is 35.7 Å². The zero-order chi connectivity index (χ0) is 20.7. The molecule has 14 nitrogen and oxygen atoms in total. The van der Waals surface area contributed by atoms with Gasteiger partial charge in [0.05, 0.1) is 18.8 Å². The molecule has 14 heteroatoms. The van der Waals surface area contributed by atoms with E-state index in [1.807, 2.05) is 0 Å². The minimum atomic E-state index is -1.64. The molecule has 0 spiro atoms. The van der Waals surface area contributed by atoms with E-state index >= 15 is 0 Å². The van der Waals surface area contributed by atoms with Crippen molar-refractivity contribution in [3.8, 4) is 0 Å². The fourth-order valence-electron chi connectivity index (χ4n) is 2.95. The zero-order valence-electron chi connectivity index (χ0n) is 14.0. The highest BCUT2D eigenvalue weighted by atomic mass is 17.6. The summed E-state index contributed by atoms with van der Waals surface area (Å²) in [6, 6.07) is 0. The van der Waals surface area contributed by atoms with E-state index in [1.54, 1.807) is 0 Å². The fraction of sp³-hybridized carbons (Fsp3) is 1.00. The van der Waals surface area contributed by atoms with E-state index in [4.69, 9.17) is 25.1 Å². The van der Waals surface area contributed by atoms with Gasteiger partial charge < -0.3 is 50.3 Å². The van der Waals surface area contributed by atoms with Gasteiger partial charge in [-0.25, -0.2) is 10.5 Å². The van der Waals surface area contributed by atoms with E-state index in [0.717, 1.165) is 0 Å². The van der Waals surface area contributed by atoms with Crippen LogP contribution in [0.3, 0.4) is 0 Å². The van der Waals surface area contributed by atoms with Crippen molar-refractivity contribution in [2.75, 3.05) is 13.2 Å². The summed E-state index contributed by atoms with van der Waals surface area (Å²) in [5.74, 6) is -0.747. The van der Waals surface area contributed by atoms with Crippen LogP contribution in [0.5, 0.6) is 0 Å². The van der Waals surface area contributed by atoms with Crippen LogP contribution in [0.15, 0.2) is 0 Å². The van der Waals surface area contributed by atoms with Gasteiger partial charge in [-0.3, -0.25) is 0 Å². The quantitative estimate of drug-likeness (QED) is 0.152. The average Bonchev–Trinajstić information content (AvgIpc) is 2.68. The second kappa shape index (κ2) is 11.4. The van der Waals surface area contributed by atoms with Crippen LogP contribution < -0.4 is 0 Å². The number of rotatable bonds is 5. The molecule has 10 N–H and O–H groups in total. The Bertz CT molecular complexity index is 372. The molecular formula is C13H26O14. The third-order valence-corrected chi connectivity index (χ3v) is 4.52. The molecule has 2 fully saturated rings. The van der Waals surface area contributed by atoms with Crippen LogP contribution >= 0.6 is 0 Å². The van der Waals surface area contributed by atoms with Gasteiger partial charge in [0.2, 0.25) is 0 Å². The molecule has 1 heterocycles. The second-order valence-corrected chi connectivity index (χ2v) is 6.17. The zero-order valence-corrected chi connectivity index (χ0v) is 14.0. The van der Waals surface area contributed by atoms with Crippen molar-refractivity contribution >= 4 is 0 Å². The summed E-state index contributed by atoms with van der Waals surface area (Å²) in [7, 11) is 0. The molecule has 0 aromatic rings. The predicted molar refractivity (Wildman–Crippen MR) is 79.3 cm³/mol. The lowest BCUT2D eigenvalue weighted by Crippen LogP contribution is -2.62. The molecule has 1 aliphatic carbocycles. The van der Waals surface area contributed by atoms with Crippen molar-refractivity contribution in [3.05, 3.63) is 0 Å². The first-order valence-corrected chi connectivity index (χ1v) is 7.96. The Morgan fingerprint density at radius 1 is 0.704 bits per heavy atom.